The van der Waals surface area contributed by atoms with Gasteiger partial charge < -0.3 is 24.0 Å². The van der Waals surface area contributed by atoms with Gasteiger partial charge in [0, 0.05) is 37.9 Å². The van der Waals surface area contributed by atoms with E-state index in [0.29, 0.717) is 31.9 Å². The third kappa shape index (κ3) is 6.38. The molecule has 0 aromatic heterocycles. The van der Waals surface area contributed by atoms with Crippen LogP contribution in [0.4, 0.5) is 5.69 Å². The van der Waals surface area contributed by atoms with Crippen LogP contribution in [0.25, 0.3) is 0 Å². The van der Waals surface area contributed by atoms with Gasteiger partial charge in [-0.25, -0.2) is 8.42 Å². The maximum atomic E-state index is 13.7. The normalized spacial score (nSPS) is 14.6. The first-order valence-electron chi connectivity index (χ1n) is 12.3. The highest BCUT2D eigenvalue weighted by atomic mass is 32.2. The van der Waals surface area contributed by atoms with Crippen molar-refractivity contribution >= 4 is 21.6 Å². The molecule has 1 fully saturated rings. The number of carbonyl (C=O) groups is 1. The molecule has 1 atom stereocenters. The fourth-order valence-corrected chi connectivity index (χ4v) is 5.67. The second-order valence-corrected chi connectivity index (χ2v) is 10.6. The predicted octanol–water partition coefficient (Wildman–Crippen LogP) is 2.95. The minimum atomic E-state index is -4.04. The number of nitrogens with one attached hydrogen (secondary N) is 1. The molecule has 38 heavy (non-hydrogen) atoms. The van der Waals surface area contributed by atoms with E-state index in [2.05, 4.69) is 9.62 Å². The van der Waals surface area contributed by atoms with E-state index in [4.69, 9.17) is 14.2 Å². The predicted molar refractivity (Wildman–Crippen MR) is 146 cm³/mol. The van der Waals surface area contributed by atoms with Crippen molar-refractivity contribution in [2.24, 2.45) is 0 Å². The zero-order valence-corrected chi connectivity index (χ0v) is 22.6. The maximum Gasteiger partial charge on any atom is 0.241 e. The molecule has 0 radical (unpaired) electrons. The Bertz CT molecular complexity index is 1320. The Hall–Kier alpha value is -3.76. The van der Waals surface area contributed by atoms with Crippen LogP contribution in [0.15, 0.2) is 77.7 Å². The van der Waals surface area contributed by atoms with Gasteiger partial charge in [-0.2, -0.15) is 4.72 Å². The molecule has 0 aliphatic carbocycles. The molecule has 1 saturated heterocycles. The molecule has 0 bridgehead atoms. The number of carbonyl (C=O) groups excluding carboxylic acids is 1. The monoisotopic (exact) mass is 539 g/mol. The lowest BCUT2D eigenvalue weighted by Gasteiger charge is -2.37. The van der Waals surface area contributed by atoms with E-state index in [1.807, 2.05) is 54.6 Å². The molecule has 1 aliphatic heterocycles. The van der Waals surface area contributed by atoms with Crippen LogP contribution in [0.1, 0.15) is 5.56 Å². The van der Waals surface area contributed by atoms with E-state index in [9.17, 15) is 13.2 Å². The van der Waals surface area contributed by atoms with Crippen LogP contribution in [0.2, 0.25) is 0 Å². The molecule has 1 heterocycles. The molecule has 0 saturated carbocycles. The number of anilines is 1. The van der Waals surface area contributed by atoms with Crippen LogP contribution in [-0.4, -0.2) is 72.8 Å². The molecule has 1 amide bonds. The van der Waals surface area contributed by atoms with E-state index in [0.717, 1.165) is 17.0 Å². The van der Waals surface area contributed by atoms with Gasteiger partial charge in [0.2, 0.25) is 15.9 Å². The van der Waals surface area contributed by atoms with Crippen molar-refractivity contribution in [3.63, 3.8) is 0 Å². The summed E-state index contributed by atoms with van der Waals surface area (Å²) >= 11 is 0. The summed E-state index contributed by atoms with van der Waals surface area (Å²) in [6, 6.07) is 20.6. The van der Waals surface area contributed by atoms with Crippen molar-refractivity contribution in [3.05, 3.63) is 78.4 Å². The van der Waals surface area contributed by atoms with Gasteiger partial charge in [0.05, 0.1) is 26.2 Å². The maximum absolute atomic E-state index is 13.7. The van der Waals surface area contributed by atoms with Gasteiger partial charge in [-0.05, 0) is 48.4 Å². The van der Waals surface area contributed by atoms with Crippen LogP contribution >= 0.6 is 0 Å². The third-order valence-electron chi connectivity index (χ3n) is 6.57. The third-order valence-corrected chi connectivity index (χ3v) is 8.04. The number of piperazine rings is 1. The SMILES string of the molecule is COc1ccc(N2CCN(C(=O)[C@@H](Cc3ccccc3)NS(=O)(=O)c3ccc(OC)c(OC)c3)CC2)cc1. The van der Waals surface area contributed by atoms with Crippen LogP contribution in [0.3, 0.4) is 0 Å². The van der Waals surface area contributed by atoms with Crippen molar-refractivity contribution in [1.29, 1.82) is 0 Å². The van der Waals surface area contributed by atoms with Crippen molar-refractivity contribution in [2.75, 3.05) is 52.4 Å². The highest BCUT2D eigenvalue weighted by Gasteiger charge is 2.32. The molecule has 202 valence electrons. The van der Waals surface area contributed by atoms with Crippen molar-refractivity contribution in [3.8, 4) is 17.2 Å². The smallest absolute Gasteiger partial charge is 0.241 e. The summed E-state index contributed by atoms with van der Waals surface area (Å²) in [5.41, 5.74) is 1.91. The molecule has 3 aromatic carbocycles. The lowest BCUT2D eigenvalue weighted by atomic mass is 10.1. The van der Waals surface area contributed by atoms with E-state index in [-0.39, 0.29) is 23.0 Å². The number of sulfonamides is 1. The minimum Gasteiger partial charge on any atom is -0.497 e. The van der Waals surface area contributed by atoms with E-state index in [1.54, 1.807) is 12.0 Å². The van der Waals surface area contributed by atoms with Crippen LogP contribution in [-0.2, 0) is 21.2 Å². The quantitative estimate of drug-likeness (QED) is 0.423. The Balaban J connectivity index is 1.51. The van der Waals surface area contributed by atoms with Crippen molar-refractivity contribution < 1.29 is 27.4 Å². The Morgan fingerprint density at radius 2 is 1.50 bits per heavy atom. The Kier molecular flexibility index (Phi) is 8.75. The summed E-state index contributed by atoms with van der Waals surface area (Å²) in [6.07, 6.45) is 0.227. The summed E-state index contributed by atoms with van der Waals surface area (Å²) in [7, 11) is 0.512. The molecule has 9 nitrogen and oxygen atoms in total. The largest absolute Gasteiger partial charge is 0.497 e. The topological polar surface area (TPSA) is 97.4 Å². The molecule has 1 aliphatic rings. The summed E-state index contributed by atoms with van der Waals surface area (Å²) in [5.74, 6) is 1.23. The zero-order valence-electron chi connectivity index (χ0n) is 21.8. The Morgan fingerprint density at radius 3 is 2.11 bits per heavy atom. The van der Waals surface area contributed by atoms with Gasteiger partial charge in [-0.3, -0.25) is 4.79 Å². The Labute approximate surface area is 224 Å². The highest BCUT2D eigenvalue weighted by Crippen LogP contribution is 2.29. The van der Waals surface area contributed by atoms with E-state index in [1.165, 1.54) is 32.4 Å². The van der Waals surface area contributed by atoms with Crippen molar-refractivity contribution in [1.82, 2.24) is 9.62 Å². The zero-order chi connectivity index (χ0) is 27.1. The van der Waals surface area contributed by atoms with Gasteiger partial charge in [0.15, 0.2) is 11.5 Å². The average molecular weight is 540 g/mol. The summed E-state index contributed by atoms with van der Waals surface area (Å²) in [5, 5.41) is 0. The Morgan fingerprint density at radius 1 is 0.842 bits per heavy atom. The van der Waals surface area contributed by atoms with Crippen LogP contribution < -0.4 is 23.8 Å². The number of amides is 1. The fraction of sp³-hybridized carbons (Fsp3) is 0.321. The van der Waals surface area contributed by atoms with Crippen LogP contribution in [0.5, 0.6) is 17.2 Å². The molecular weight excluding hydrogens is 506 g/mol. The van der Waals surface area contributed by atoms with Gasteiger partial charge in [0.25, 0.3) is 0 Å². The minimum absolute atomic E-state index is 0.00895. The first-order chi connectivity index (χ1) is 18.3. The number of ether oxygens (including phenoxy) is 3. The molecule has 10 heteroatoms. The summed E-state index contributed by atoms with van der Waals surface area (Å²) in [4.78, 5) is 17.6. The van der Waals surface area contributed by atoms with Crippen LogP contribution in [0, 0.1) is 0 Å². The van der Waals surface area contributed by atoms with Gasteiger partial charge in [-0.1, -0.05) is 30.3 Å². The number of hydrogen-bond acceptors (Lipinski definition) is 7. The molecular formula is C28H33N3O6S. The van der Waals surface area contributed by atoms with E-state index < -0.39 is 16.1 Å². The molecule has 4 rings (SSSR count). The number of methoxy groups -OCH3 is 3. The van der Waals surface area contributed by atoms with Gasteiger partial charge in [0.1, 0.15) is 11.8 Å². The average Bonchev–Trinajstić information content (AvgIpc) is 2.96. The second kappa shape index (κ2) is 12.2. The van der Waals surface area contributed by atoms with Gasteiger partial charge in [-0.15, -0.1) is 0 Å². The lowest BCUT2D eigenvalue weighted by molar-refractivity contribution is -0.133. The lowest BCUT2D eigenvalue weighted by Crippen LogP contribution is -2.55. The first-order valence-corrected chi connectivity index (χ1v) is 13.8. The number of nitrogens with zero attached hydrogens (tertiary/aromatic N) is 2. The standard InChI is InChI=1S/C28H33N3O6S/c1-35-23-11-9-22(10-12-23)30-15-17-31(18-16-30)28(32)25(19-21-7-5-4-6-8-21)29-38(33,34)24-13-14-26(36-2)27(20-24)37-3/h4-14,20,25,29H,15-19H2,1-3H3/t25-/m1/s1. The second-order valence-electron chi connectivity index (χ2n) is 8.89. The summed E-state index contributed by atoms with van der Waals surface area (Å²) in [6.45, 7) is 2.24. The number of hydrogen-bond donors (Lipinski definition) is 1. The first kappa shape index (κ1) is 27.3. The summed E-state index contributed by atoms with van der Waals surface area (Å²) < 4.78 is 45.1. The molecule has 1 N–H and O–H groups in total. The molecule has 3 aromatic rings. The highest BCUT2D eigenvalue weighted by molar-refractivity contribution is 7.89. The van der Waals surface area contributed by atoms with Gasteiger partial charge >= 0.3 is 0 Å². The number of rotatable bonds is 10. The van der Waals surface area contributed by atoms with E-state index >= 15 is 0 Å². The number of benzene rings is 3. The molecule has 0 unspecified atom stereocenters. The van der Waals surface area contributed by atoms with Crippen molar-refractivity contribution in [2.45, 2.75) is 17.4 Å². The fourth-order valence-electron chi connectivity index (χ4n) is 4.47. The molecule has 0 spiro atoms.